The molecule has 2 saturated carbocycles. The molecule has 0 spiro atoms. The number of Topliss-reactive ketones (excluding diaryl/α,β-unsaturated/α-hetero) is 1. The van der Waals surface area contributed by atoms with Gasteiger partial charge in [-0.1, -0.05) is 25.1 Å². The number of hydrogen-bond donors (Lipinski definition) is 0. The third-order valence-electron chi connectivity index (χ3n) is 8.48. The SMILES string of the molecule is COC(=O)C12CC(Cc3ccccn3)CC(C(=O)OC)(C1=O)C(c1ccccn1)C(C)C2c1ccccn1. The molecule has 2 aliphatic rings. The molecule has 2 bridgehead atoms. The third kappa shape index (κ3) is 3.81. The average Bonchev–Trinajstić information content (AvgIpc) is 2.95. The van der Waals surface area contributed by atoms with E-state index >= 15 is 0 Å². The van der Waals surface area contributed by atoms with Gasteiger partial charge in [0.1, 0.15) is 10.8 Å². The van der Waals surface area contributed by atoms with Gasteiger partial charge in [-0.2, -0.15) is 0 Å². The molecule has 0 amide bonds. The van der Waals surface area contributed by atoms with E-state index in [1.165, 1.54) is 14.2 Å². The number of carbonyl (C=O) groups excluding carboxylic acids is 3. The number of fused-ring (bicyclic) bond motifs is 2. The Kier molecular flexibility index (Phi) is 6.82. The molecule has 5 rings (SSSR count). The quantitative estimate of drug-likeness (QED) is 0.360. The molecule has 3 aromatic rings. The van der Waals surface area contributed by atoms with Crippen LogP contribution in [0.5, 0.6) is 0 Å². The van der Waals surface area contributed by atoms with E-state index in [1.54, 1.807) is 30.7 Å². The van der Waals surface area contributed by atoms with Gasteiger partial charge in [0.2, 0.25) is 0 Å². The fourth-order valence-corrected chi connectivity index (χ4v) is 7.29. The summed E-state index contributed by atoms with van der Waals surface area (Å²) < 4.78 is 10.7. The van der Waals surface area contributed by atoms with E-state index in [-0.39, 0.29) is 24.7 Å². The summed E-state index contributed by atoms with van der Waals surface area (Å²) in [5, 5.41) is 0. The van der Waals surface area contributed by atoms with Crippen LogP contribution in [-0.4, -0.2) is 46.9 Å². The zero-order valence-corrected chi connectivity index (χ0v) is 21.7. The van der Waals surface area contributed by atoms with Crippen LogP contribution >= 0.6 is 0 Å². The number of nitrogens with zero attached hydrogens (tertiary/aromatic N) is 3. The molecule has 2 aliphatic carbocycles. The molecule has 0 saturated heterocycles. The van der Waals surface area contributed by atoms with E-state index in [9.17, 15) is 14.4 Å². The Bertz CT molecular complexity index is 1240. The summed E-state index contributed by atoms with van der Waals surface area (Å²) in [6.45, 7) is 1.97. The standard InChI is InChI=1S/C30H31N3O5/c1-19-24(22-11-5-8-14-32-22)29(27(35)37-2)17-20(16-21-10-4-7-13-31-21)18-30(26(29)34,28(36)38-3)25(19)23-12-6-9-15-33-23/h4-15,19-20,24-25H,16-18H2,1-3H3. The van der Waals surface area contributed by atoms with Crippen LogP contribution in [0.2, 0.25) is 0 Å². The van der Waals surface area contributed by atoms with Gasteiger partial charge in [0.15, 0.2) is 5.78 Å². The van der Waals surface area contributed by atoms with Crippen LogP contribution in [0.4, 0.5) is 0 Å². The van der Waals surface area contributed by atoms with Crippen LogP contribution in [0.3, 0.4) is 0 Å². The van der Waals surface area contributed by atoms with Crippen molar-refractivity contribution in [3.8, 4) is 0 Å². The third-order valence-corrected chi connectivity index (χ3v) is 8.48. The summed E-state index contributed by atoms with van der Waals surface area (Å²) in [5.41, 5.74) is -1.21. The molecular formula is C30H31N3O5. The molecule has 0 aliphatic heterocycles. The Balaban J connectivity index is 1.80. The predicted molar refractivity (Wildman–Crippen MR) is 138 cm³/mol. The zero-order chi connectivity index (χ0) is 26.9. The Morgan fingerprint density at radius 1 is 0.789 bits per heavy atom. The fourth-order valence-electron chi connectivity index (χ4n) is 7.29. The molecule has 4 unspecified atom stereocenters. The van der Waals surface area contributed by atoms with Gasteiger partial charge < -0.3 is 9.47 Å². The highest BCUT2D eigenvalue weighted by atomic mass is 16.5. The van der Waals surface area contributed by atoms with Crippen molar-refractivity contribution in [3.63, 3.8) is 0 Å². The molecule has 3 aromatic heterocycles. The van der Waals surface area contributed by atoms with Crippen LogP contribution in [0.15, 0.2) is 73.2 Å². The fraction of sp³-hybridized carbons (Fsp3) is 0.400. The Morgan fingerprint density at radius 3 is 1.66 bits per heavy atom. The minimum atomic E-state index is -1.63. The first-order valence-electron chi connectivity index (χ1n) is 12.8. The van der Waals surface area contributed by atoms with Crippen molar-refractivity contribution in [3.05, 3.63) is 90.3 Å². The molecule has 0 aromatic carbocycles. The smallest absolute Gasteiger partial charge is 0.320 e. The monoisotopic (exact) mass is 513 g/mol. The first-order valence-corrected chi connectivity index (χ1v) is 12.8. The molecule has 8 heteroatoms. The summed E-state index contributed by atoms with van der Waals surface area (Å²) in [6, 6.07) is 16.6. The van der Waals surface area contributed by atoms with Crippen molar-refractivity contribution in [2.75, 3.05) is 14.2 Å². The van der Waals surface area contributed by atoms with Gasteiger partial charge in [-0.05, 0) is 67.5 Å². The maximum atomic E-state index is 14.9. The molecule has 196 valence electrons. The van der Waals surface area contributed by atoms with Crippen LogP contribution in [0.1, 0.15) is 48.7 Å². The van der Waals surface area contributed by atoms with Gasteiger partial charge in [-0.15, -0.1) is 0 Å². The molecule has 2 fully saturated rings. The largest absolute Gasteiger partial charge is 0.468 e. The maximum absolute atomic E-state index is 14.9. The molecular weight excluding hydrogens is 482 g/mol. The highest BCUT2D eigenvalue weighted by molar-refractivity contribution is 6.17. The van der Waals surface area contributed by atoms with Gasteiger partial charge in [-0.3, -0.25) is 29.3 Å². The van der Waals surface area contributed by atoms with E-state index < -0.39 is 40.4 Å². The summed E-state index contributed by atoms with van der Waals surface area (Å²) in [6.07, 6.45) is 5.95. The summed E-state index contributed by atoms with van der Waals surface area (Å²) >= 11 is 0. The van der Waals surface area contributed by atoms with E-state index in [1.807, 2.05) is 49.4 Å². The van der Waals surface area contributed by atoms with Gasteiger partial charge >= 0.3 is 11.9 Å². The van der Waals surface area contributed by atoms with Crippen molar-refractivity contribution >= 4 is 17.7 Å². The van der Waals surface area contributed by atoms with Crippen molar-refractivity contribution in [2.24, 2.45) is 22.7 Å². The molecule has 4 atom stereocenters. The van der Waals surface area contributed by atoms with Gasteiger partial charge in [0.05, 0.1) is 14.2 Å². The second-order valence-electron chi connectivity index (χ2n) is 10.4. The molecule has 38 heavy (non-hydrogen) atoms. The minimum Gasteiger partial charge on any atom is -0.468 e. The number of aromatic nitrogens is 3. The molecule has 0 N–H and O–H groups in total. The number of ketones is 1. The van der Waals surface area contributed by atoms with E-state index in [2.05, 4.69) is 15.0 Å². The van der Waals surface area contributed by atoms with Crippen LogP contribution in [0.25, 0.3) is 0 Å². The normalized spacial score (nSPS) is 30.3. The van der Waals surface area contributed by atoms with Gasteiger partial charge in [-0.25, -0.2) is 0 Å². The van der Waals surface area contributed by atoms with Gasteiger partial charge in [0, 0.05) is 47.5 Å². The van der Waals surface area contributed by atoms with Crippen molar-refractivity contribution in [1.82, 2.24) is 15.0 Å². The lowest BCUT2D eigenvalue weighted by Gasteiger charge is -2.59. The number of pyridine rings is 3. The Hall–Kier alpha value is -3.94. The average molecular weight is 514 g/mol. The molecule has 8 nitrogen and oxygen atoms in total. The minimum absolute atomic E-state index is 0.217. The van der Waals surface area contributed by atoms with Crippen LogP contribution < -0.4 is 0 Å². The number of esters is 2. The maximum Gasteiger partial charge on any atom is 0.320 e. The summed E-state index contributed by atoms with van der Waals surface area (Å²) in [5.74, 6) is -3.64. The lowest BCUT2D eigenvalue weighted by Crippen LogP contribution is -2.67. The Labute approximate surface area is 221 Å². The first-order chi connectivity index (χ1) is 18.4. The summed E-state index contributed by atoms with van der Waals surface area (Å²) in [4.78, 5) is 56.4. The van der Waals surface area contributed by atoms with Gasteiger partial charge in [0.25, 0.3) is 0 Å². The number of rotatable bonds is 6. The van der Waals surface area contributed by atoms with Crippen molar-refractivity contribution in [2.45, 2.75) is 38.0 Å². The van der Waals surface area contributed by atoms with E-state index in [4.69, 9.17) is 9.47 Å². The highest BCUT2D eigenvalue weighted by Crippen LogP contribution is 2.67. The summed E-state index contributed by atoms with van der Waals surface area (Å²) in [7, 11) is 2.58. The number of hydrogen-bond acceptors (Lipinski definition) is 8. The number of carbonyl (C=O) groups is 3. The van der Waals surface area contributed by atoms with Crippen LogP contribution in [0, 0.1) is 22.7 Å². The zero-order valence-electron chi connectivity index (χ0n) is 21.7. The predicted octanol–water partition coefficient (Wildman–Crippen LogP) is 3.93. The lowest BCUT2D eigenvalue weighted by molar-refractivity contribution is -0.190. The van der Waals surface area contributed by atoms with E-state index in [0.717, 1.165) is 5.69 Å². The lowest BCUT2D eigenvalue weighted by atomic mass is 9.40. The Morgan fingerprint density at radius 2 is 1.26 bits per heavy atom. The molecule has 3 heterocycles. The van der Waals surface area contributed by atoms with Crippen LogP contribution in [-0.2, 0) is 30.3 Å². The van der Waals surface area contributed by atoms with Crippen molar-refractivity contribution < 1.29 is 23.9 Å². The highest BCUT2D eigenvalue weighted by Gasteiger charge is 2.75. The second-order valence-corrected chi connectivity index (χ2v) is 10.4. The van der Waals surface area contributed by atoms with E-state index in [0.29, 0.717) is 17.8 Å². The molecule has 0 radical (unpaired) electrons. The van der Waals surface area contributed by atoms with Crippen molar-refractivity contribution in [1.29, 1.82) is 0 Å². The first kappa shape index (κ1) is 25.7. The number of ether oxygens (including phenoxy) is 2. The second kappa shape index (κ2) is 10.1. The topological polar surface area (TPSA) is 108 Å². The number of methoxy groups -OCH3 is 2.